The zero-order chi connectivity index (χ0) is 16.7. The fourth-order valence-corrected chi connectivity index (χ4v) is 1.99. The number of rotatable bonds is 7. The van der Waals surface area contributed by atoms with Crippen LogP contribution in [0, 0.1) is 0 Å². The molecule has 2 aromatic carbocycles. The van der Waals surface area contributed by atoms with Gasteiger partial charge in [0.05, 0.1) is 0 Å². The van der Waals surface area contributed by atoms with Crippen LogP contribution in [0.3, 0.4) is 0 Å². The Morgan fingerprint density at radius 3 is 2.09 bits per heavy atom. The molecule has 0 radical (unpaired) electrons. The van der Waals surface area contributed by atoms with Gasteiger partial charge in [-0.25, -0.2) is 0 Å². The number of anilines is 1. The van der Waals surface area contributed by atoms with E-state index >= 15 is 0 Å². The second-order valence-electron chi connectivity index (χ2n) is 4.85. The maximum Gasteiger partial charge on any atom is 0.224 e. The Balaban J connectivity index is 1.85. The standard InChI is InChI=1S/C17H16ClNO4/c18-12-4-8-14(9-5-12)23-15-10-6-13(7-11-15)19-16(20)2-1-3-17(21)22/h4-11H,1-3H2,(H,19,20)(H,21,22)/p-1. The number of carboxylic acid groups (broad SMARTS) is 1. The largest absolute Gasteiger partial charge is 0.550 e. The zero-order valence-electron chi connectivity index (χ0n) is 12.3. The fraction of sp³-hybridized carbons (Fsp3) is 0.176. The number of carbonyl (C=O) groups excluding carboxylic acids is 2. The number of hydrogen-bond donors (Lipinski definition) is 1. The molecular formula is C17H15ClNO4-. The van der Waals surface area contributed by atoms with Gasteiger partial charge in [0.2, 0.25) is 5.91 Å². The molecule has 0 fully saturated rings. The van der Waals surface area contributed by atoms with E-state index in [1.54, 1.807) is 48.5 Å². The summed E-state index contributed by atoms with van der Waals surface area (Å²) in [5.74, 6) is -0.102. The third kappa shape index (κ3) is 6.00. The maximum atomic E-state index is 11.6. The molecule has 0 saturated heterocycles. The first-order chi connectivity index (χ1) is 11.0. The molecule has 0 bridgehead atoms. The first kappa shape index (κ1) is 16.8. The van der Waals surface area contributed by atoms with Crippen molar-refractivity contribution < 1.29 is 19.4 Å². The Labute approximate surface area is 138 Å². The van der Waals surface area contributed by atoms with Crippen LogP contribution in [-0.2, 0) is 9.59 Å². The summed E-state index contributed by atoms with van der Waals surface area (Å²) in [6.07, 6.45) is 0.268. The second-order valence-corrected chi connectivity index (χ2v) is 5.29. The van der Waals surface area contributed by atoms with Crippen LogP contribution >= 0.6 is 11.6 Å². The van der Waals surface area contributed by atoms with Crippen LogP contribution in [0.4, 0.5) is 5.69 Å². The minimum Gasteiger partial charge on any atom is -0.550 e. The van der Waals surface area contributed by atoms with E-state index in [-0.39, 0.29) is 25.2 Å². The molecular weight excluding hydrogens is 318 g/mol. The van der Waals surface area contributed by atoms with E-state index in [9.17, 15) is 14.7 Å². The molecule has 0 aliphatic carbocycles. The number of ether oxygens (including phenoxy) is 1. The Kier molecular flexibility index (Phi) is 6.00. The Bertz CT molecular complexity index is 668. The maximum absolute atomic E-state index is 11.6. The quantitative estimate of drug-likeness (QED) is 0.845. The molecule has 23 heavy (non-hydrogen) atoms. The van der Waals surface area contributed by atoms with Gasteiger partial charge in [0.15, 0.2) is 0 Å². The highest BCUT2D eigenvalue weighted by Crippen LogP contribution is 2.24. The summed E-state index contributed by atoms with van der Waals surface area (Å²) < 4.78 is 5.64. The van der Waals surface area contributed by atoms with E-state index in [0.29, 0.717) is 22.2 Å². The van der Waals surface area contributed by atoms with E-state index in [2.05, 4.69) is 5.32 Å². The third-order valence-corrected chi connectivity index (χ3v) is 3.22. The lowest BCUT2D eigenvalue weighted by Gasteiger charge is -2.08. The molecule has 1 N–H and O–H groups in total. The average Bonchev–Trinajstić information content (AvgIpc) is 2.51. The lowest BCUT2D eigenvalue weighted by molar-refractivity contribution is -0.305. The van der Waals surface area contributed by atoms with E-state index in [0.717, 1.165) is 0 Å². The lowest BCUT2D eigenvalue weighted by atomic mass is 10.2. The predicted octanol–water partition coefficient (Wildman–Crippen LogP) is 2.99. The van der Waals surface area contributed by atoms with Crippen LogP contribution < -0.4 is 15.2 Å². The summed E-state index contributed by atoms with van der Waals surface area (Å²) in [6.45, 7) is 0. The molecule has 0 aromatic heterocycles. The van der Waals surface area contributed by atoms with Crippen LogP contribution in [0.5, 0.6) is 11.5 Å². The highest BCUT2D eigenvalue weighted by atomic mass is 35.5. The van der Waals surface area contributed by atoms with Crippen LogP contribution in [0.15, 0.2) is 48.5 Å². The number of nitrogens with one attached hydrogen (secondary N) is 1. The van der Waals surface area contributed by atoms with Crippen molar-refractivity contribution in [3.8, 4) is 11.5 Å². The Morgan fingerprint density at radius 1 is 0.957 bits per heavy atom. The van der Waals surface area contributed by atoms with Crippen molar-refractivity contribution in [2.24, 2.45) is 0 Å². The van der Waals surface area contributed by atoms with Gasteiger partial charge < -0.3 is 20.0 Å². The van der Waals surface area contributed by atoms with Crippen molar-refractivity contribution in [2.75, 3.05) is 5.32 Å². The summed E-state index contributed by atoms with van der Waals surface area (Å²) in [5.41, 5.74) is 0.618. The minimum absolute atomic E-state index is 0.124. The summed E-state index contributed by atoms with van der Waals surface area (Å²) >= 11 is 5.81. The van der Waals surface area contributed by atoms with Gasteiger partial charge in [-0.05, 0) is 61.4 Å². The van der Waals surface area contributed by atoms with Crippen LogP contribution in [0.25, 0.3) is 0 Å². The number of carboxylic acids is 1. The number of aliphatic carboxylic acids is 1. The van der Waals surface area contributed by atoms with Gasteiger partial charge in [-0.3, -0.25) is 4.79 Å². The molecule has 2 aromatic rings. The smallest absolute Gasteiger partial charge is 0.224 e. The van der Waals surface area contributed by atoms with Gasteiger partial charge >= 0.3 is 0 Å². The van der Waals surface area contributed by atoms with Gasteiger partial charge in [0.25, 0.3) is 0 Å². The molecule has 0 saturated carbocycles. The van der Waals surface area contributed by atoms with Crippen molar-refractivity contribution in [3.63, 3.8) is 0 Å². The highest BCUT2D eigenvalue weighted by Gasteiger charge is 2.03. The van der Waals surface area contributed by atoms with Gasteiger partial charge in [-0.1, -0.05) is 11.6 Å². The van der Waals surface area contributed by atoms with E-state index in [4.69, 9.17) is 16.3 Å². The number of amides is 1. The number of hydrogen-bond acceptors (Lipinski definition) is 4. The molecule has 0 heterocycles. The SMILES string of the molecule is O=C([O-])CCCC(=O)Nc1ccc(Oc2ccc(Cl)cc2)cc1. The molecule has 0 aliphatic heterocycles. The summed E-state index contributed by atoms with van der Waals surface area (Å²) in [4.78, 5) is 21.9. The number of benzene rings is 2. The monoisotopic (exact) mass is 332 g/mol. The van der Waals surface area contributed by atoms with E-state index < -0.39 is 5.97 Å². The molecule has 2 rings (SSSR count). The summed E-state index contributed by atoms with van der Waals surface area (Å²) in [7, 11) is 0. The molecule has 0 spiro atoms. The first-order valence-electron chi connectivity index (χ1n) is 7.06. The van der Waals surface area contributed by atoms with Crippen LogP contribution in [0.1, 0.15) is 19.3 Å². The van der Waals surface area contributed by atoms with Crippen molar-refractivity contribution in [2.45, 2.75) is 19.3 Å². The predicted molar refractivity (Wildman–Crippen MR) is 85.5 cm³/mol. The summed E-state index contributed by atoms with van der Waals surface area (Å²) in [5, 5.41) is 13.6. The Morgan fingerprint density at radius 2 is 1.52 bits per heavy atom. The van der Waals surface area contributed by atoms with E-state index in [1.165, 1.54) is 0 Å². The molecule has 5 nitrogen and oxygen atoms in total. The first-order valence-corrected chi connectivity index (χ1v) is 7.44. The average molecular weight is 333 g/mol. The van der Waals surface area contributed by atoms with Crippen molar-refractivity contribution >= 4 is 29.2 Å². The van der Waals surface area contributed by atoms with Crippen molar-refractivity contribution in [1.82, 2.24) is 0 Å². The topological polar surface area (TPSA) is 78.5 Å². The van der Waals surface area contributed by atoms with Crippen LogP contribution in [0.2, 0.25) is 5.02 Å². The lowest BCUT2D eigenvalue weighted by Crippen LogP contribution is -2.22. The molecule has 0 atom stereocenters. The van der Waals surface area contributed by atoms with Gasteiger partial charge in [-0.2, -0.15) is 0 Å². The number of halogens is 1. The molecule has 120 valence electrons. The third-order valence-electron chi connectivity index (χ3n) is 2.97. The van der Waals surface area contributed by atoms with Crippen LogP contribution in [-0.4, -0.2) is 11.9 Å². The molecule has 6 heteroatoms. The van der Waals surface area contributed by atoms with Gasteiger partial charge in [-0.15, -0.1) is 0 Å². The van der Waals surface area contributed by atoms with Gasteiger partial charge in [0, 0.05) is 23.1 Å². The van der Waals surface area contributed by atoms with E-state index in [1.807, 2.05) is 0 Å². The highest BCUT2D eigenvalue weighted by molar-refractivity contribution is 6.30. The van der Waals surface area contributed by atoms with Crippen molar-refractivity contribution in [3.05, 3.63) is 53.6 Å². The van der Waals surface area contributed by atoms with Crippen molar-refractivity contribution in [1.29, 1.82) is 0 Å². The zero-order valence-corrected chi connectivity index (χ0v) is 13.0. The Hall–Kier alpha value is -2.53. The number of carbonyl (C=O) groups is 2. The molecule has 0 unspecified atom stereocenters. The normalized spacial score (nSPS) is 10.1. The molecule has 0 aliphatic rings. The fourth-order valence-electron chi connectivity index (χ4n) is 1.86. The second kappa shape index (κ2) is 8.19. The summed E-state index contributed by atoms with van der Waals surface area (Å²) in [6, 6.07) is 13.9. The van der Waals surface area contributed by atoms with Gasteiger partial charge in [0.1, 0.15) is 11.5 Å². The molecule has 1 amide bonds. The minimum atomic E-state index is -1.15.